The summed E-state index contributed by atoms with van der Waals surface area (Å²) < 4.78 is 4.93. The fourth-order valence-electron chi connectivity index (χ4n) is 1.64. The Morgan fingerprint density at radius 3 is 2.89 bits per heavy atom. The summed E-state index contributed by atoms with van der Waals surface area (Å²) in [5, 5.41) is 12.1. The van der Waals surface area contributed by atoms with Crippen LogP contribution in [0.4, 0.5) is 5.69 Å². The van der Waals surface area contributed by atoms with Crippen LogP contribution in [-0.2, 0) is 6.54 Å². The van der Waals surface area contributed by atoms with E-state index in [1.54, 1.807) is 17.8 Å². The van der Waals surface area contributed by atoms with Gasteiger partial charge >= 0.3 is 5.97 Å². The SMILES string of the molecule is CSc1ccccc1NCc1ccoc1C(=O)O. The predicted octanol–water partition coefficient (Wildman–Crippen LogP) is 3.31. The molecule has 18 heavy (non-hydrogen) atoms. The summed E-state index contributed by atoms with van der Waals surface area (Å²) in [5.41, 5.74) is 1.63. The van der Waals surface area contributed by atoms with E-state index in [2.05, 4.69) is 5.32 Å². The maximum absolute atomic E-state index is 10.9. The van der Waals surface area contributed by atoms with Crippen LogP contribution in [0.2, 0.25) is 0 Å². The third-order valence-electron chi connectivity index (χ3n) is 2.52. The largest absolute Gasteiger partial charge is 0.475 e. The van der Waals surface area contributed by atoms with Crippen LogP contribution in [0.1, 0.15) is 16.1 Å². The van der Waals surface area contributed by atoms with Crippen molar-refractivity contribution in [1.29, 1.82) is 0 Å². The number of carboxylic acids is 1. The summed E-state index contributed by atoms with van der Waals surface area (Å²) in [6, 6.07) is 9.55. The Labute approximate surface area is 109 Å². The number of nitrogens with one attached hydrogen (secondary N) is 1. The fourth-order valence-corrected chi connectivity index (χ4v) is 2.22. The molecule has 0 aliphatic rings. The van der Waals surface area contributed by atoms with Crippen molar-refractivity contribution in [3.8, 4) is 0 Å². The van der Waals surface area contributed by atoms with Crippen molar-refractivity contribution >= 4 is 23.4 Å². The number of furan rings is 1. The zero-order valence-corrected chi connectivity index (χ0v) is 10.7. The van der Waals surface area contributed by atoms with E-state index >= 15 is 0 Å². The van der Waals surface area contributed by atoms with Gasteiger partial charge in [-0.3, -0.25) is 0 Å². The average Bonchev–Trinajstić information content (AvgIpc) is 2.85. The topological polar surface area (TPSA) is 62.5 Å². The molecule has 0 amide bonds. The van der Waals surface area contributed by atoms with Gasteiger partial charge in [0.1, 0.15) is 0 Å². The van der Waals surface area contributed by atoms with Gasteiger partial charge in [0.25, 0.3) is 0 Å². The highest BCUT2D eigenvalue weighted by atomic mass is 32.2. The van der Waals surface area contributed by atoms with Gasteiger partial charge in [0.15, 0.2) is 0 Å². The molecule has 4 nitrogen and oxygen atoms in total. The number of benzene rings is 1. The maximum atomic E-state index is 10.9. The molecule has 0 saturated carbocycles. The highest BCUT2D eigenvalue weighted by Gasteiger charge is 2.13. The summed E-state index contributed by atoms with van der Waals surface area (Å²) in [7, 11) is 0. The standard InChI is InChI=1S/C13H13NO3S/c1-18-11-5-3-2-4-10(11)14-8-9-6-7-17-12(9)13(15)16/h2-7,14H,8H2,1H3,(H,15,16). The van der Waals surface area contributed by atoms with Crippen LogP contribution in [0.15, 0.2) is 45.9 Å². The Morgan fingerprint density at radius 1 is 1.39 bits per heavy atom. The van der Waals surface area contributed by atoms with Gasteiger partial charge in [-0.1, -0.05) is 12.1 Å². The summed E-state index contributed by atoms with van der Waals surface area (Å²) in [6.45, 7) is 0.426. The lowest BCUT2D eigenvalue weighted by atomic mass is 10.2. The molecule has 2 rings (SSSR count). The molecular weight excluding hydrogens is 250 g/mol. The number of aromatic carboxylic acids is 1. The summed E-state index contributed by atoms with van der Waals surface area (Å²) >= 11 is 1.64. The van der Waals surface area contributed by atoms with Crippen LogP contribution in [0.25, 0.3) is 0 Å². The van der Waals surface area contributed by atoms with Gasteiger partial charge < -0.3 is 14.8 Å². The molecule has 0 unspecified atom stereocenters. The van der Waals surface area contributed by atoms with Crippen LogP contribution < -0.4 is 5.32 Å². The number of anilines is 1. The molecule has 0 spiro atoms. The zero-order valence-electron chi connectivity index (χ0n) is 9.84. The van der Waals surface area contributed by atoms with E-state index in [1.165, 1.54) is 6.26 Å². The zero-order chi connectivity index (χ0) is 13.0. The quantitative estimate of drug-likeness (QED) is 0.810. The van der Waals surface area contributed by atoms with Crippen molar-refractivity contribution < 1.29 is 14.3 Å². The van der Waals surface area contributed by atoms with Crippen molar-refractivity contribution in [3.63, 3.8) is 0 Å². The number of para-hydroxylation sites is 1. The van der Waals surface area contributed by atoms with Crippen LogP contribution >= 0.6 is 11.8 Å². The Kier molecular flexibility index (Phi) is 3.94. The number of carboxylic acid groups (broad SMARTS) is 1. The molecule has 0 bridgehead atoms. The van der Waals surface area contributed by atoms with E-state index in [9.17, 15) is 4.79 Å². The second-order valence-corrected chi connectivity index (χ2v) is 4.48. The van der Waals surface area contributed by atoms with E-state index in [0.29, 0.717) is 12.1 Å². The molecule has 1 heterocycles. The highest BCUT2D eigenvalue weighted by molar-refractivity contribution is 7.98. The Bertz CT molecular complexity index is 551. The number of rotatable bonds is 5. The molecule has 2 aromatic rings. The minimum absolute atomic E-state index is 0.0101. The predicted molar refractivity (Wildman–Crippen MR) is 71.2 cm³/mol. The lowest BCUT2D eigenvalue weighted by Crippen LogP contribution is -2.05. The highest BCUT2D eigenvalue weighted by Crippen LogP contribution is 2.25. The van der Waals surface area contributed by atoms with Gasteiger partial charge in [-0.15, -0.1) is 11.8 Å². The van der Waals surface area contributed by atoms with Gasteiger partial charge in [0, 0.05) is 22.7 Å². The van der Waals surface area contributed by atoms with E-state index in [-0.39, 0.29) is 5.76 Å². The van der Waals surface area contributed by atoms with E-state index in [0.717, 1.165) is 10.6 Å². The smallest absolute Gasteiger partial charge is 0.372 e. The first-order valence-electron chi connectivity index (χ1n) is 5.39. The molecule has 0 radical (unpaired) electrons. The molecule has 0 saturated heterocycles. The van der Waals surface area contributed by atoms with Gasteiger partial charge in [0.2, 0.25) is 5.76 Å². The molecule has 2 N–H and O–H groups in total. The third-order valence-corrected chi connectivity index (χ3v) is 3.31. The maximum Gasteiger partial charge on any atom is 0.372 e. The molecule has 1 aromatic heterocycles. The molecule has 0 atom stereocenters. The van der Waals surface area contributed by atoms with Crippen LogP contribution in [-0.4, -0.2) is 17.3 Å². The summed E-state index contributed by atoms with van der Waals surface area (Å²) in [4.78, 5) is 12.0. The second-order valence-electron chi connectivity index (χ2n) is 3.63. The Morgan fingerprint density at radius 2 is 2.17 bits per heavy atom. The Hall–Kier alpha value is -1.88. The van der Waals surface area contributed by atoms with Crippen molar-refractivity contribution in [2.24, 2.45) is 0 Å². The average molecular weight is 263 g/mol. The normalized spacial score (nSPS) is 10.3. The van der Waals surface area contributed by atoms with Crippen molar-refractivity contribution in [2.45, 2.75) is 11.4 Å². The van der Waals surface area contributed by atoms with E-state index in [4.69, 9.17) is 9.52 Å². The molecule has 94 valence electrons. The van der Waals surface area contributed by atoms with Gasteiger partial charge in [-0.05, 0) is 24.5 Å². The third kappa shape index (κ3) is 2.68. The monoisotopic (exact) mass is 263 g/mol. The first-order valence-corrected chi connectivity index (χ1v) is 6.61. The minimum atomic E-state index is -1.05. The van der Waals surface area contributed by atoms with Crippen molar-refractivity contribution in [3.05, 3.63) is 47.9 Å². The van der Waals surface area contributed by atoms with Crippen LogP contribution in [0, 0.1) is 0 Å². The number of carbonyl (C=O) groups is 1. The van der Waals surface area contributed by atoms with Crippen molar-refractivity contribution in [2.75, 3.05) is 11.6 Å². The molecule has 0 aliphatic carbocycles. The van der Waals surface area contributed by atoms with Crippen molar-refractivity contribution in [1.82, 2.24) is 0 Å². The molecule has 1 aromatic carbocycles. The second kappa shape index (κ2) is 5.64. The Balaban J connectivity index is 2.11. The molecule has 0 fully saturated rings. The first-order chi connectivity index (χ1) is 8.72. The number of hydrogen-bond acceptors (Lipinski definition) is 4. The summed E-state index contributed by atoms with van der Waals surface area (Å²) in [6.07, 6.45) is 3.39. The van der Waals surface area contributed by atoms with Crippen LogP contribution in [0.5, 0.6) is 0 Å². The van der Waals surface area contributed by atoms with E-state index in [1.807, 2.05) is 30.5 Å². The molecular formula is C13H13NO3S. The molecule has 0 aliphatic heterocycles. The lowest BCUT2D eigenvalue weighted by Gasteiger charge is -2.09. The number of hydrogen-bond donors (Lipinski definition) is 2. The molecule has 5 heteroatoms. The minimum Gasteiger partial charge on any atom is -0.475 e. The number of thioether (sulfide) groups is 1. The summed E-state index contributed by atoms with van der Waals surface area (Å²) in [5.74, 6) is -1.06. The van der Waals surface area contributed by atoms with Crippen LogP contribution in [0.3, 0.4) is 0 Å². The first kappa shape index (κ1) is 12.6. The lowest BCUT2D eigenvalue weighted by molar-refractivity contribution is 0.0661. The van der Waals surface area contributed by atoms with Gasteiger partial charge in [-0.2, -0.15) is 0 Å². The van der Waals surface area contributed by atoms with E-state index < -0.39 is 5.97 Å². The fraction of sp³-hybridized carbons (Fsp3) is 0.154. The van der Waals surface area contributed by atoms with Gasteiger partial charge in [0.05, 0.1) is 6.26 Å². The van der Waals surface area contributed by atoms with Gasteiger partial charge in [-0.25, -0.2) is 4.79 Å².